The Kier molecular flexibility index (Phi) is 7.45. The number of carbonyl (C=O) groups excluding carboxylic acids is 2. The van der Waals surface area contributed by atoms with Gasteiger partial charge in [-0.3, -0.25) is 9.59 Å². The molecule has 30 heavy (non-hydrogen) atoms. The summed E-state index contributed by atoms with van der Waals surface area (Å²) in [6, 6.07) is 0.764. The number of piperidine rings is 1. The quantitative estimate of drug-likeness (QED) is 0.712. The van der Waals surface area contributed by atoms with E-state index >= 15 is 0 Å². The minimum absolute atomic E-state index is 0.0329. The topological polar surface area (TPSA) is 69.6 Å². The van der Waals surface area contributed by atoms with E-state index < -0.39 is 0 Å². The first-order valence-electron chi connectivity index (χ1n) is 11.5. The van der Waals surface area contributed by atoms with Crippen LogP contribution in [0.4, 0.5) is 5.95 Å². The van der Waals surface area contributed by atoms with Crippen LogP contribution < -0.4 is 4.90 Å². The van der Waals surface area contributed by atoms with Crippen LogP contribution in [0.3, 0.4) is 0 Å². The Hall–Kier alpha value is -2.02. The summed E-state index contributed by atoms with van der Waals surface area (Å²) in [4.78, 5) is 40.9. The van der Waals surface area contributed by atoms with Crippen LogP contribution in [0.1, 0.15) is 63.7 Å². The fourth-order valence-electron chi connectivity index (χ4n) is 4.83. The van der Waals surface area contributed by atoms with E-state index in [1.54, 1.807) is 12.4 Å². The molecule has 2 fully saturated rings. The third-order valence-electron chi connectivity index (χ3n) is 6.64. The first kappa shape index (κ1) is 22.7. The summed E-state index contributed by atoms with van der Waals surface area (Å²) < 4.78 is 0. The molecule has 0 radical (unpaired) electrons. The summed E-state index contributed by atoms with van der Waals surface area (Å²) in [5.41, 5.74) is 0.530. The Morgan fingerprint density at radius 3 is 2.03 bits per heavy atom. The number of nitrogens with zero attached hydrogens (tertiary/aromatic N) is 5. The third-order valence-corrected chi connectivity index (χ3v) is 6.64. The Labute approximate surface area is 180 Å². The fraction of sp³-hybridized carbons (Fsp3) is 0.739. The van der Waals surface area contributed by atoms with Crippen LogP contribution in [0.15, 0.2) is 12.4 Å². The number of amides is 1. The van der Waals surface area contributed by atoms with Gasteiger partial charge in [-0.15, -0.1) is 0 Å². The molecule has 2 atom stereocenters. The van der Waals surface area contributed by atoms with Crippen molar-refractivity contribution in [1.29, 1.82) is 0 Å². The minimum Gasteiger partial charge on any atom is -0.339 e. The van der Waals surface area contributed by atoms with Gasteiger partial charge in [-0.05, 0) is 32.7 Å². The number of Topliss-reactive ketones (excluding diaryl/α,β-unsaturated/α-hetero) is 1. The molecule has 3 rings (SSSR count). The second kappa shape index (κ2) is 9.86. The van der Waals surface area contributed by atoms with Crippen molar-refractivity contribution < 1.29 is 9.59 Å². The number of carbonyl (C=O) groups is 2. The lowest BCUT2D eigenvalue weighted by atomic mass is 9.87. The summed E-state index contributed by atoms with van der Waals surface area (Å²) >= 11 is 0. The highest BCUT2D eigenvalue weighted by Gasteiger charge is 2.33. The highest BCUT2D eigenvalue weighted by molar-refractivity contribution is 5.94. The van der Waals surface area contributed by atoms with E-state index in [1.165, 1.54) is 0 Å². The number of hydrogen-bond acceptors (Lipinski definition) is 6. The maximum absolute atomic E-state index is 12.9. The van der Waals surface area contributed by atoms with Crippen molar-refractivity contribution in [1.82, 2.24) is 19.8 Å². The van der Waals surface area contributed by atoms with Crippen LogP contribution >= 0.6 is 0 Å². The van der Waals surface area contributed by atoms with Crippen LogP contribution in [0.2, 0.25) is 0 Å². The maximum atomic E-state index is 12.9. The Bertz CT molecular complexity index is 714. The number of likely N-dealkylation sites (N-methyl/N-ethyl adjacent to an activating group) is 1. The van der Waals surface area contributed by atoms with E-state index in [0.717, 1.165) is 44.7 Å². The number of rotatable bonds is 6. The van der Waals surface area contributed by atoms with Gasteiger partial charge in [0.2, 0.25) is 5.95 Å². The highest BCUT2D eigenvalue weighted by atomic mass is 16.2. The summed E-state index contributed by atoms with van der Waals surface area (Å²) in [6.45, 7) is 11.6. The molecule has 2 saturated heterocycles. The molecule has 7 nitrogen and oxygen atoms in total. The van der Waals surface area contributed by atoms with Gasteiger partial charge in [0, 0.05) is 62.5 Å². The molecular formula is C23H37N5O2. The van der Waals surface area contributed by atoms with E-state index in [9.17, 15) is 9.59 Å². The molecule has 1 aromatic heterocycles. The zero-order valence-electron chi connectivity index (χ0n) is 19.2. The number of likely N-dealkylation sites (tertiary alicyclic amines) is 1. The van der Waals surface area contributed by atoms with Gasteiger partial charge in [0.25, 0.3) is 5.91 Å². The van der Waals surface area contributed by atoms with Gasteiger partial charge in [-0.2, -0.15) is 0 Å². The van der Waals surface area contributed by atoms with E-state index in [0.29, 0.717) is 36.5 Å². The number of hydrogen-bond donors (Lipinski definition) is 0. The van der Waals surface area contributed by atoms with Gasteiger partial charge in [0.05, 0.1) is 5.56 Å². The Morgan fingerprint density at radius 1 is 1.03 bits per heavy atom. The van der Waals surface area contributed by atoms with Crippen molar-refractivity contribution in [2.24, 2.45) is 11.8 Å². The van der Waals surface area contributed by atoms with Crippen LogP contribution in [0.25, 0.3) is 0 Å². The smallest absolute Gasteiger partial charge is 0.256 e. The molecule has 0 spiro atoms. The predicted octanol–water partition coefficient (Wildman–Crippen LogP) is 2.86. The molecule has 0 N–H and O–H groups in total. The second-order valence-corrected chi connectivity index (χ2v) is 9.15. The molecule has 2 aliphatic rings. The zero-order valence-corrected chi connectivity index (χ0v) is 19.2. The van der Waals surface area contributed by atoms with Crippen molar-refractivity contribution >= 4 is 17.6 Å². The standard InChI is InChI=1S/C23H37N5O2/c1-6-19-14-26(5)15-20(7-2)28(19)23-24-12-18(13-25-23)22(30)27-10-8-17(9-11-27)21(29)16(3)4/h12-13,16-17,19-20H,6-11,14-15H2,1-5H3. The molecule has 166 valence electrons. The van der Waals surface area contributed by atoms with Gasteiger partial charge in [-0.25, -0.2) is 9.97 Å². The number of anilines is 1. The molecule has 3 heterocycles. The van der Waals surface area contributed by atoms with Crippen LogP contribution in [-0.2, 0) is 4.79 Å². The van der Waals surface area contributed by atoms with E-state index in [2.05, 4.69) is 40.7 Å². The molecule has 2 aliphatic heterocycles. The molecule has 0 saturated carbocycles. The third kappa shape index (κ3) is 4.82. The number of aromatic nitrogens is 2. The molecule has 1 aromatic rings. The van der Waals surface area contributed by atoms with Gasteiger partial charge >= 0.3 is 0 Å². The van der Waals surface area contributed by atoms with E-state index in [-0.39, 0.29) is 17.7 Å². The van der Waals surface area contributed by atoms with Crippen LogP contribution in [0, 0.1) is 11.8 Å². The molecule has 7 heteroatoms. The molecule has 0 bridgehead atoms. The lowest BCUT2D eigenvalue weighted by molar-refractivity contribution is -0.127. The summed E-state index contributed by atoms with van der Waals surface area (Å²) in [7, 11) is 2.17. The van der Waals surface area contributed by atoms with Crippen molar-refractivity contribution in [2.45, 2.75) is 65.5 Å². The molecule has 2 unspecified atom stereocenters. The van der Waals surface area contributed by atoms with Crippen molar-refractivity contribution in [3.63, 3.8) is 0 Å². The normalized spacial score (nSPS) is 23.8. The Balaban J connectivity index is 1.67. The first-order chi connectivity index (χ1) is 14.3. The largest absolute Gasteiger partial charge is 0.339 e. The SMILES string of the molecule is CCC1CN(C)CC(CC)N1c1ncc(C(=O)N2CCC(C(=O)C(C)C)CC2)cn1. The lowest BCUT2D eigenvalue weighted by Gasteiger charge is -2.45. The zero-order chi connectivity index (χ0) is 21.8. The molecular weight excluding hydrogens is 378 g/mol. The van der Waals surface area contributed by atoms with Gasteiger partial charge < -0.3 is 14.7 Å². The summed E-state index contributed by atoms with van der Waals surface area (Å²) in [5, 5.41) is 0. The van der Waals surface area contributed by atoms with E-state index in [1.807, 2.05) is 18.7 Å². The summed E-state index contributed by atoms with van der Waals surface area (Å²) in [6.07, 6.45) is 6.92. The maximum Gasteiger partial charge on any atom is 0.256 e. The Morgan fingerprint density at radius 2 is 1.57 bits per heavy atom. The average molecular weight is 416 g/mol. The highest BCUT2D eigenvalue weighted by Crippen LogP contribution is 2.25. The van der Waals surface area contributed by atoms with Crippen molar-refractivity contribution in [3.8, 4) is 0 Å². The van der Waals surface area contributed by atoms with Gasteiger partial charge in [0.1, 0.15) is 5.78 Å². The van der Waals surface area contributed by atoms with Crippen molar-refractivity contribution in [3.05, 3.63) is 18.0 Å². The minimum atomic E-state index is -0.0329. The van der Waals surface area contributed by atoms with Crippen molar-refractivity contribution in [2.75, 3.05) is 38.1 Å². The fourth-order valence-corrected chi connectivity index (χ4v) is 4.83. The van der Waals surface area contributed by atoms with Gasteiger partial charge in [-0.1, -0.05) is 27.7 Å². The molecule has 1 amide bonds. The predicted molar refractivity (Wildman–Crippen MR) is 119 cm³/mol. The first-order valence-corrected chi connectivity index (χ1v) is 11.5. The van der Waals surface area contributed by atoms with Crippen LogP contribution in [-0.4, -0.2) is 76.8 Å². The van der Waals surface area contributed by atoms with E-state index in [4.69, 9.17) is 0 Å². The number of ketones is 1. The van der Waals surface area contributed by atoms with Crippen LogP contribution in [0.5, 0.6) is 0 Å². The summed E-state index contributed by atoms with van der Waals surface area (Å²) in [5.74, 6) is 1.15. The average Bonchev–Trinajstić information content (AvgIpc) is 2.77. The molecule has 0 aromatic carbocycles. The lowest BCUT2D eigenvalue weighted by Crippen LogP contribution is -2.58. The molecule has 0 aliphatic carbocycles. The second-order valence-electron chi connectivity index (χ2n) is 9.15. The van der Waals surface area contributed by atoms with Gasteiger partial charge in [0.15, 0.2) is 0 Å². The monoisotopic (exact) mass is 415 g/mol. The number of piperazine rings is 1.